The molecule has 1 aliphatic rings. The Balaban J connectivity index is 2.11. The van der Waals surface area contributed by atoms with Gasteiger partial charge in [0.2, 0.25) is 0 Å². The first-order valence-corrected chi connectivity index (χ1v) is 5.68. The molecule has 1 saturated carbocycles. The van der Waals surface area contributed by atoms with E-state index in [9.17, 15) is 0 Å². The van der Waals surface area contributed by atoms with E-state index in [1.54, 1.807) is 0 Å². The summed E-state index contributed by atoms with van der Waals surface area (Å²) < 4.78 is 0. The molecule has 0 amide bonds. The Kier molecular flexibility index (Phi) is 2.91. The summed E-state index contributed by atoms with van der Waals surface area (Å²) >= 11 is 4.97. The summed E-state index contributed by atoms with van der Waals surface area (Å²) in [6, 6.07) is 8.12. The van der Waals surface area contributed by atoms with Gasteiger partial charge in [-0.15, -0.1) is 0 Å². The van der Waals surface area contributed by atoms with Crippen molar-refractivity contribution in [2.45, 2.75) is 12.8 Å². The van der Waals surface area contributed by atoms with Gasteiger partial charge in [0.05, 0.1) is 0 Å². The minimum absolute atomic E-state index is 0.469. The van der Waals surface area contributed by atoms with Crippen LogP contribution >= 0.6 is 12.2 Å². The Morgan fingerprint density at radius 2 is 2.27 bits per heavy atom. The lowest BCUT2D eigenvalue weighted by Gasteiger charge is -2.19. The van der Waals surface area contributed by atoms with Crippen LogP contribution in [0, 0.1) is 5.92 Å². The highest BCUT2D eigenvalue weighted by molar-refractivity contribution is 7.80. The fourth-order valence-electron chi connectivity index (χ4n) is 1.69. The summed E-state index contributed by atoms with van der Waals surface area (Å²) in [5, 5.41) is 0. The third-order valence-electron chi connectivity index (χ3n) is 2.80. The Morgan fingerprint density at radius 3 is 2.87 bits per heavy atom. The lowest BCUT2D eigenvalue weighted by molar-refractivity contribution is 0.787. The molecular weight excluding hydrogens is 204 g/mol. The number of rotatable bonds is 4. The van der Waals surface area contributed by atoms with Gasteiger partial charge in [0.15, 0.2) is 0 Å². The number of anilines is 1. The van der Waals surface area contributed by atoms with Crippen LogP contribution in [0.3, 0.4) is 0 Å². The average Bonchev–Trinajstić information content (AvgIpc) is 3.02. The van der Waals surface area contributed by atoms with Crippen LogP contribution in [-0.4, -0.2) is 18.6 Å². The van der Waals surface area contributed by atoms with Crippen LogP contribution < -0.4 is 10.6 Å². The Morgan fingerprint density at radius 1 is 1.53 bits per heavy atom. The van der Waals surface area contributed by atoms with Gasteiger partial charge >= 0.3 is 0 Å². The molecular formula is C12H16N2S. The van der Waals surface area contributed by atoms with Gasteiger partial charge in [0.25, 0.3) is 0 Å². The van der Waals surface area contributed by atoms with Crippen molar-refractivity contribution in [3.05, 3.63) is 29.8 Å². The van der Waals surface area contributed by atoms with E-state index in [0.717, 1.165) is 18.0 Å². The molecule has 0 spiro atoms. The molecule has 15 heavy (non-hydrogen) atoms. The predicted molar refractivity (Wildman–Crippen MR) is 68.3 cm³/mol. The highest BCUT2D eigenvalue weighted by atomic mass is 32.1. The fourth-order valence-corrected chi connectivity index (χ4v) is 1.82. The quantitative estimate of drug-likeness (QED) is 0.789. The van der Waals surface area contributed by atoms with E-state index in [0.29, 0.717) is 4.99 Å². The molecule has 2 nitrogen and oxygen atoms in total. The van der Waals surface area contributed by atoms with Crippen LogP contribution in [-0.2, 0) is 0 Å². The van der Waals surface area contributed by atoms with Crippen LogP contribution in [0.4, 0.5) is 5.69 Å². The van der Waals surface area contributed by atoms with Crippen molar-refractivity contribution in [3.63, 3.8) is 0 Å². The maximum atomic E-state index is 5.61. The third kappa shape index (κ3) is 2.69. The Hall–Kier alpha value is -1.09. The minimum Gasteiger partial charge on any atom is -0.389 e. The zero-order valence-electron chi connectivity index (χ0n) is 8.94. The summed E-state index contributed by atoms with van der Waals surface area (Å²) in [5.74, 6) is 0.892. The summed E-state index contributed by atoms with van der Waals surface area (Å²) in [4.78, 5) is 2.75. The van der Waals surface area contributed by atoms with Crippen molar-refractivity contribution in [2.75, 3.05) is 18.5 Å². The molecule has 1 aliphatic carbocycles. The van der Waals surface area contributed by atoms with Gasteiger partial charge in [-0.25, -0.2) is 0 Å². The number of hydrogen-bond acceptors (Lipinski definition) is 2. The highest BCUT2D eigenvalue weighted by Gasteiger charge is 2.22. The molecule has 0 heterocycles. The molecule has 0 unspecified atom stereocenters. The van der Waals surface area contributed by atoms with Gasteiger partial charge in [-0.1, -0.05) is 24.4 Å². The van der Waals surface area contributed by atoms with Gasteiger partial charge < -0.3 is 10.6 Å². The zero-order chi connectivity index (χ0) is 10.8. The number of benzene rings is 1. The van der Waals surface area contributed by atoms with Crippen LogP contribution in [0.1, 0.15) is 18.4 Å². The number of nitrogens with zero attached hydrogens (tertiary/aromatic N) is 1. The molecule has 0 aromatic heterocycles. The molecule has 0 aliphatic heterocycles. The molecule has 1 aromatic rings. The minimum atomic E-state index is 0.469. The molecule has 0 bridgehead atoms. The first-order valence-electron chi connectivity index (χ1n) is 5.28. The monoisotopic (exact) mass is 220 g/mol. The van der Waals surface area contributed by atoms with Gasteiger partial charge in [-0.05, 0) is 30.9 Å². The van der Waals surface area contributed by atoms with Crippen molar-refractivity contribution >= 4 is 22.9 Å². The molecule has 1 fully saturated rings. The number of hydrogen-bond donors (Lipinski definition) is 1. The highest BCUT2D eigenvalue weighted by Crippen LogP contribution is 2.30. The zero-order valence-corrected chi connectivity index (χ0v) is 9.76. The van der Waals surface area contributed by atoms with Crippen molar-refractivity contribution in [2.24, 2.45) is 11.7 Å². The van der Waals surface area contributed by atoms with Gasteiger partial charge in [0, 0.05) is 24.8 Å². The molecule has 0 saturated heterocycles. The molecule has 1 aromatic carbocycles. The first-order chi connectivity index (χ1) is 7.16. The molecule has 0 radical (unpaired) electrons. The predicted octanol–water partition coefficient (Wildman–Crippen LogP) is 2.17. The normalized spacial score (nSPS) is 15.0. The molecule has 3 heteroatoms. The Labute approximate surface area is 96.1 Å². The van der Waals surface area contributed by atoms with E-state index in [1.165, 1.54) is 18.5 Å². The van der Waals surface area contributed by atoms with Gasteiger partial charge in [-0.3, -0.25) is 0 Å². The molecule has 2 rings (SSSR count). The van der Waals surface area contributed by atoms with Crippen molar-refractivity contribution in [3.8, 4) is 0 Å². The number of nitrogens with two attached hydrogens (primary N) is 1. The molecule has 0 atom stereocenters. The lowest BCUT2D eigenvalue weighted by Crippen LogP contribution is -2.20. The third-order valence-corrected chi connectivity index (χ3v) is 3.04. The second kappa shape index (κ2) is 4.19. The Bertz CT molecular complexity index is 372. The van der Waals surface area contributed by atoms with Crippen LogP contribution in [0.2, 0.25) is 0 Å². The standard InChI is InChI=1S/C12H16N2S/c1-14(8-9-5-6-9)11-4-2-3-10(7-11)12(13)15/h2-4,7,9H,5-6,8H2,1H3,(H2,13,15). The van der Waals surface area contributed by atoms with Gasteiger partial charge in [-0.2, -0.15) is 0 Å². The van der Waals surface area contributed by atoms with E-state index < -0.39 is 0 Å². The van der Waals surface area contributed by atoms with Crippen molar-refractivity contribution in [1.82, 2.24) is 0 Å². The summed E-state index contributed by atoms with van der Waals surface area (Å²) in [6.07, 6.45) is 2.75. The van der Waals surface area contributed by atoms with E-state index in [2.05, 4.69) is 24.1 Å². The smallest absolute Gasteiger partial charge is 0.104 e. The molecule has 80 valence electrons. The second-order valence-electron chi connectivity index (χ2n) is 4.24. The maximum Gasteiger partial charge on any atom is 0.104 e. The molecule has 2 N–H and O–H groups in total. The van der Waals surface area contributed by atoms with E-state index in [-0.39, 0.29) is 0 Å². The van der Waals surface area contributed by atoms with Crippen LogP contribution in [0.5, 0.6) is 0 Å². The first kappa shape index (κ1) is 10.4. The van der Waals surface area contributed by atoms with Crippen molar-refractivity contribution in [1.29, 1.82) is 0 Å². The fraction of sp³-hybridized carbons (Fsp3) is 0.417. The average molecular weight is 220 g/mol. The summed E-state index contributed by atoms with van der Waals surface area (Å²) in [5.41, 5.74) is 7.76. The van der Waals surface area contributed by atoms with E-state index in [4.69, 9.17) is 18.0 Å². The lowest BCUT2D eigenvalue weighted by atomic mass is 10.2. The second-order valence-corrected chi connectivity index (χ2v) is 4.68. The van der Waals surface area contributed by atoms with Crippen molar-refractivity contribution < 1.29 is 0 Å². The maximum absolute atomic E-state index is 5.61. The van der Waals surface area contributed by atoms with Crippen LogP contribution in [0.15, 0.2) is 24.3 Å². The topological polar surface area (TPSA) is 29.3 Å². The van der Waals surface area contributed by atoms with E-state index in [1.807, 2.05) is 12.1 Å². The van der Waals surface area contributed by atoms with E-state index >= 15 is 0 Å². The van der Waals surface area contributed by atoms with Crippen LogP contribution in [0.25, 0.3) is 0 Å². The summed E-state index contributed by atoms with van der Waals surface area (Å²) in [6.45, 7) is 1.14. The number of thiocarbonyl (C=S) groups is 1. The van der Waals surface area contributed by atoms with Gasteiger partial charge in [0.1, 0.15) is 4.99 Å². The SMILES string of the molecule is CN(CC1CC1)c1cccc(C(N)=S)c1. The largest absolute Gasteiger partial charge is 0.389 e. The summed E-state index contributed by atoms with van der Waals surface area (Å²) in [7, 11) is 2.12.